The summed E-state index contributed by atoms with van der Waals surface area (Å²) in [5, 5.41) is 0.346. The largest absolute Gasteiger partial charge is 0.308 e. The van der Waals surface area contributed by atoms with Crippen molar-refractivity contribution >= 4 is 21.6 Å². The molecule has 118 valence electrons. The summed E-state index contributed by atoms with van der Waals surface area (Å²) in [6, 6.07) is 0. The molecule has 0 unspecified atom stereocenters. The van der Waals surface area contributed by atoms with E-state index in [1.807, 2.05) is 0 Å². The van der Waals surface area contributed by atoms with Gasteiger partial charge in [-0.15, -0.1) is 0 Å². The van der Waals surface area contributed by atoms with Gasteiger partial charge in [0, 0.05) is 44.1 Å². The first kappa shape index (κ1) is 15.3. The van der Waals surface area contributed by atoms with Crippen molar-refractivity contribution in [3.8, 4) is 0 Å². The molecule has 1 aromatic rings. The van der Waals surface area contributed by atoms with Crippen molar-refractivity contribution in [2.45, 2.75) is 18.9 Å². The fourth-order valence-electron chi connectivity index (χ4n) is 3.86. The minimum atomic E-state index is -3.55. The van der Waals surface area contributed by atoms with Gasteiger partial charge in [0.05, 0.1) is 6.20 Å². The number of hydrogen-bond donors (Lipinski definition) is 0. The van der Waals surface area contributed by atoms with Crippen LogP contribution in [0.3, 0.4) is 0 Å². The first-order valence-corrected chi connectivity index (χ1v) is 8.77. The van der Waals surface area contributed by atoms with Crippen molar-refractivity contribution in [2.75, 3.05) is 33.2 Å². The Balaban J connectivity index is 1.96. The van der Waals surface area contributed by atoms with Crippen LogP contribution in [0.5, 0.6) is 0 Å². The summed E-state index contributed by atoms with van der Waals surface area (Å²) in [5.74, 6) is 0. The van der Waals surface area contributed by atoms with Crippen LogP contribution in [0.15, 0.2) is 11.2 Å². The SMILES string of the molecule is CN1C[C@@]2(C)CN(S(=O)(=O)c3cnc(Cl)n3C)C[C@@]2(C)C1. The molecule has 0 N–H and O–H groups in total. The Kier molecular flexibility index (Phi) is 3.23. The molecule has 3 rings (SSSR count). The molecule has 0 aromatic carbocycles. The lowest BCUT2D eigenvalue weighted by atomic mass is 9.71. The fourth-order valence-corrected chi connectivity index (χ4v) is 5.84. The molecule has 0 bridgehead atoms. The van der Waals surface area contributed by atoms with Gasteiger partial charge in [0.15, 0.2) is 5.03 Å². The Hall–Kier alpha value is -0.630. The average molecular weight is 333 g/mol. The van der Waals surface area contributed by atoms with Crippen LogP contribution in [-0.2, 0) is 17.1 Å². The van der Waals surface area contributed by atoms with Crippen LogP contribution < -0.4 is 0 Å². The second-order valence-electron chi connectivity index (χ2n) is 6.99. The minimum absolute atomic E-state index is 0.0167. The lowest BCUT2D eigenvalue weighted by molar-refractivity contribution is 0.212. The van der Waals surface area contributed by atoms with Crippen LogP contribution in [0.25, 0.3) is 0 Å². The zero-order valence-corrected chi connectivity index (χ0v) is 14.4. The van der Waals surface area contributed by atoms with Crippen LogP contribution in [-0.4, -0.2) is 60.4 Å². The van der Waals surface area contributed by atoms with E-state index in [0.717, 1.165) is 13.1 Å². The predicted octanol–water partition coefficient (Wildman–Crippen LogP) is 1.04. The van der Waals surface area contributed by atoms with E-state index in [4.69, 9.17) is 11.6 Å². The first-order valence-electron chi connectivity index (χ1n) is 6.95. The van der Waals surface area contributed by atoms with Crippen molar-refractivity contribution in [2.24, 2.45) is 17.9 Å². The molecular weight excluding hydrogens is 312 g/mol. The zero-order chi connectivity index (χ0) is 15.6. The number of halogens is 1. The van der Waals surface area contributed by atoms with Gasteiger partial charge in [-0.3, -0.25) is 0 Å². The van der Waals surface area contributed by atoms with Gasteiger partial charge in [-0.25, -0.2) is 13.4 Å². The van der Waals surface area contributed by atoms with Crippen LogP contribution in [0.1, 0.15) is 13.8 Å². The molecule has 8 heteroatoms. The third-order valence-corrected chi connectivity index (χ3v) is 7.44. The van der Waals surface area contributed by atoms with Gasteiger partial charge in [-0.2, -0.15) is 4.31 Å². The number of nitrogens with zero attached hydrogens (tertiary/aromatic N) is 4. The van der Waals surface area contributed by atoms with Gasteiger partial charge in [-0.05, 0) is 18.6 Å². The van der Waals surface area contributed by atoms with Gasteiger partial charge >= 0.3 is 0 Å². The summed E-state index contributed by atoms with van der Waals surface area (Å²) in [4.78, 5) is 6.17. The summed E-state index contributed by atoms with van der Waals surface area (Å²) in [6.07, 6.45) is 1.34. The van der Waals surface area contributed by atoms with E-state index in [1.54, 1.807) is 11.4 Å². The predicted molar refractivity (Wildman–Crippen MR) is 80.7 cm³/mol. The van der Waals surface area contributed by atoms with Crippen molar-refractivity contribution in [1.82, 2.24) is 18.8 Å². The average Bonchev–Trinajstić information content (AvgIpc) is 2.86. The van der Waals surface area contributed by atoms with Crippen molar-refractivity contribution in [3.63, 3.8) is 0 Å². The molecule has 3 heterocycles. The molecule has 0 saturated carbocycles. The molecule has 0 spiro atoms. The highest BCUT2D eigenvalue weighted by molar-refractivity contribution is 7.89. The number of sulfonamides is 1. The molecule has 2 atom stereocenters. The molecule has 0 radical (unpaired) electrons. The highest BCUT2D eigenvalue weighted by Crippen LogP contribution is 2.52. The highest BCUT2D eigenvalue weighted by atomic mass is 35.5. The van der Waals surface area contributed by atoms with Crippen molar-refractivity contribution in [3.05, 3.63) is 11.5 Å². The maximum Gasteiger partial charge on any atom is 0.260 e. The Labute approximate surface area is 130 Å². The van der Waals surface area contributed by atoms with Crippen LogP contribution in [0, 0.1) is 10.8 Å². The topological polar surface area (TPSA) is 58.4 Å². The summed E-state index contributed by atoms with van der Waals surface area (Å²) in [5.41, 5.74) is -0.0333. The molecule has 2 fully saturated rings. The van der Waals surface area contributed by atoms with Crippen molar-refractivity contribution < 1.29 is 8.42 Å². The lowest BCUT2D eigenvalue weighted by Crippen LogP contribution is -2.35. The Morgan fingerprint density at radius 3 is 2.10 bits per heavy atom. The number of likely N-dealkylation sites (tertiary alicyclic amines) is 1. The lowest BCUT2D eigenvalue weighted by Gasteiger charge is -2.30. The van der Waals surface area contributed by atoms with Gasteiger partial charge in [0.2, 0.25) is 5.28 Å². The Bertz CT molecular complexity index is 668. The number of rotatable bonds is 2. The highest BCUT2D eigenvalue weighted by Gasteiger charge is 2.59. The molecule has 2 aliphatic heterocycles. The van der Waals surface area contributed by atoms with Gasteiger partial charge in [0.1, 0.15) is 0 Å². The minimum Gasteiger partial charge on any atom is -0.308 e. The summed E-state index contributed by atoms with van der Waals surface area (Å²) < 4.78 is 28.7. The third-order valence-electron chi connectivity index (χ3n) is 5.24. The van der Waals surface area contributed by atoms with Gasteiger partial charge < -0.3 is 9.47 Å². The number of hydrogen-bond acceptors (Lipinski definition) is 4. The normalized spacial score (nSPS) is 34.5. The Morgan fingerprint density at radius 1 is 1.14 bits per heavy atom. The molecule has 6 nitrogen and oxygen atoms in total. The van der Waals surface area contributed by atoms with E-state index in [1.165, 1.54) is 10.8 Å². The zero-order valence-electron chi connectivity index (χ0n) is 12.8. The standard InChI is InChI=1S/C13H21ClN4O2S/c1-12-6-16(3)7-13(12,2)9-18(8-12)21(19,20)10-5-15-11(14)17(10)4/h5H,6-9H2,1-4H3/t12-,13+. The van der Waals surface area contributed by atoms with Crippen LogP contribution >= 0.6 is 11.6 Å². The molecular formula is C13H21ClN4O2S. The maximum absolute atomic E-state index is 12.9. The summed E-state index contributed by atoms with van der Waals surface area (Å²) in [7, 11) is 0.160. The number of imidazole rings is 1. The molecule has 1 aromatic heterocycles. The van der Waals surface area contributed by atoms with E-state index >= 15 is 0 Å². The second kappa shape index (κ2) is 4.44. The molecule has 2 saturated heterocycles. The number of aromatic nitrogens is 2. The molecule has 0 aliphatic carbocycles. The van der Waals surface area contributed by atoms with E-state index in [9.17, 15) is 8.42 Å². The smallest absolute Gasteiger partial charge is 0.260 e. The van der Waals surface area contributed by atoms with Crippen LogP contribution in [0.4, 0.5) is 0 Å². The number of fused-ring (bicyclic) bond motifs is 1. The van der Waals surface area contributed by atoms with Crippen LogP contribution in [0.2, 0.25) is 5.28 Å². The third kappa shape index (κ3) is 2.05. The van der Waals surface area contributed by atoms with Gasteiger partial charge in [-0.1, -0.05) is 13.8 Å². The Morgan fingerprint density at radius 2 is 1.67 bits per heavy atom. The van der Waals surface area contributed by atoms with E-state index in [0.29, 0.717) is 13.1 Å². The van der Waals surface area contributed by atoms with Gasteiger partial charge in [0.25, 0.3) is 10.0 Å². The van der Waals surface area contributed by atoms with Crippen molar-refractivity contribution in [1.29, 1.82) is 0 Å². The quantitative estimate of drug-likeness (QED) is 0.812. The summed E-state index contributed by atoms with van der Waals surface area (Å²) in [6.45, 7) is 7.28. The molecule has 21 heavy (non-hydrogen) atoms. The monoisotopic (exact) mass is 332 g/mol. The maximum atomic E-state index is 12.9. The van der Waals surface area contributed by atoms with E-state index < -0.39 is 10.0 Å². The summed E-state index contributed by atoms with van der Waals surface area (Å²) >= 11 is 5.87. The second-order valence-corrected chi connectivity index (χ2v) is 9.21. The van der Waals surface area contributed by atoms with E-state index in [2.05, 4.69) is 30.8 Å². The molecule has 0 amide bonds. The van der Waals surface area contributed by atoms with E-state index in [-0.39, 0.29) is 21.1 Å². The fraction of sp³-hybridized carbons (Fsp3) is 0.769. The molecule has 2 aliphatic rings. The first-order chi connectivity index (χ1) is 9.59.